The molecule has 2 aromatic heterocycles. The molecule has 0 unspecified atom stereocenters. The normalized spacial score (nSPS) is 10.9. The summed E-state index contributed by atoms with van der Waals surface area (Å²) in [5.74, 6) is 2.09. The van der Waals surface area contributed by atoms with Gasteiger partial charge in [-0.2, -0.15) is 0 Å². The van der Waals surface area contributed by atoms with Crippen LogP contribution in [-0.2, 0) is 14.6 Å². The van der Waals surface area contributed by atoms with Gasteiger partial charge in [0.05, 0.1) is 68.2 Å². The summed E-state index contributed by atoms with van der Waals surface area (Å²) in [5.41, 5.74) is 3.98. The fourth-order valence-electron chi connectivity index (χ4n) is 6.42. The van der Waals surface area contributed by atoms with Crippen LogP contribution in [0.2, 0.25) is 0 Å². The minimum atomic E-state index is -3.98. The molecular formula is C46H39N7O10S2. The minimum absolute atomic E-state index is 0.00325. The Balaban J connectivity index is 0.000000194. The summed E-state index contributed by atoms with van der Waals surface area (Å²) in [7, 11) is 3.67. The topological polar surface area (TPSA) is 202 Å². The summed E-state index contributed by atoms with van der Waals surface area (Å²) in [4.78, 5) is 23.9. The smallest absolute Gasteiger partial charge is 0.337 e. The molecule has 330 valence electrons. The molecular weight excluding hydrogens is 875 g/mol. The maximum absolute atomic E-state index is 13.3. The Morgan fingerprint density at radius 1 is 0.631 bits per heavy atom. The van der Waals surface area contributed by atoms with Gasteiger partial charge in [0.1, 0.15) is 45.8 Å². The zero-order valence-electron chi connectivity index (χ0n) is 35.4. The number of rotatable bonds is 14. The Kier molecular flexibility index (Phi) is 13.8. The van der Waals surface area contributed by atoms with E-state index in [1.807, 2.05) is 54.7 Å². The molecule has 0 spiro atoms. The van der Waals surface area contributed by atoms with Gasteiger partial charge in [-0.1, -0.05) is 58.6 Å². The second-order valence-corrected chi connectivity index (χ2v) is 16.6. The van der Waals surface area contributed by atoms with Gasteiger partial charge in [0.25, 0.3) is 5.69 Å². The van der Waals surface area contributed by atoms with Gasteiger partial charge in [-0.3, -0.25) is 10.1 Å². The Morgan fingerprint density at radius 3 is 1.85 bits per heavy atom. The molecule has 0 radical (unpaired) electrons. The number of aromatic nitrogens is 6. The van der Waals surface area contributed by atoms with Crippen molar-refractivity contribution in [3.8, 4) is 56.9 Å². The average molecular weight is 914 g/mol. The summed E-state index contributed by atoms with van der Waals surface area (Å²) >= 11 is 1.58. The van der Waals surface area contributed by atoms with Crippen LogP contribution in [0.5, 0.6) is 23.0 Å². The van der Waals surface area contributed by atoms with Gasteiger partial charge in [-0.25, -0.2) is 22.6 Å². The molecule has 0 N–H and O–H groups in total. The lowest BCUT2D eigenvalue weighted by molar-refractivity contribution is -0.384. The number of hydrogen-bond donors (Lipinski definition) is 0. The van der Waals surface area contributed by atoms with Crippen molar-refractivity contribution in [2.45, 2.75) is 19.6 Å². The van der Waals surface area contributed by atoms with E-state index in [4.69, 9.17) is 23.7 Å². The second kappa shape index (κ2) is 20.0. The van der Waals surface area contributed by atoms with Gasteiger partial charge in [0.15, 0.2) is 0 Å². The van der Waals surface area contributed by atoms with Gasteiger partial charge >= 0.3 is 5.97 Å². The number of nitrogens with zero attached hydrogens (tertiary/aromatic N) is 7. The van der Waals surface area contributed by atoms with Crippen molar-refractivity contribution in [1.29, 1.82) is 0 Å². The van der Waals surface area contributed by atoms with Crippen LogP contribution in [0, 0.1) is 10.1 Å². The summed E-state index contributed by atoms with van der Waals surface area (Å²) in [6.07, 6.45) is 3.45. The predicted molar refractivity (Wildman–Crippen MR) is 240 cm³/mol. The summed E-state index contributed by atoms with van der Waals surface area (Å²) in [6, 6.07) is 37.1. The van der Waals surface area contributed by atoms with E-state index in [0.717, 1.165) is 38.9 Å². The number of benzene rings is 6. The minimum Gasteiger partial charge on any atom is -0.497 e. The van der Waals surface area contributed by atoms with Crippen LogP contribution in [0.3, 0.4) is 0 Å². The molecule has 0 aliphatic rings. The van der Waals surface area contributed by atoms with E-state index in [2.05, 4.69) is 20.6 Å². The Hall–Kier alpha value is -8.03. The van der Waals surface area contributed by atoms with Crippen LogP contribution < -0.4 is 18.9 Å². The van der Waals surface area contributed by atoms with Crippen molar-refractivity contribution < 1.29 is 41.8 Å². The van der Waals surface area contributed by atoms with Crippen LogP contribution in [-0.4, -0.2) is 84.8 Å². The van der Waals surface area contributed by atoms with Gasteiger partial charge < -0.3 is 23.7 Å². The third-order valence-electron chi connectivity index (χ3n) is 9.73. The molecule has 2 heterocycles. The zero-order valence-corrected chi connectivity index (χ0v) is 37.0. The highest BCUT2D eigenvalue weighted by Gasteiger charge is 2.24. The molecule has 6 aromatic carbocycles. The Morgan fingerprint density at radius 2 is 1.22 bits per heavy atom. The van der Waals surface area contributed by atoms with Crippen molar-refractivity contribution in [2.75, 3.05) is 35.5 Å². The van der Waals surface area contributed by atoms with Crippen molar-refractivity contribution in [3.63, 3.8) is 0 Å². The average Bonchev–Trinajstić information content (AvgIpc) is 4.05. The highest BCUT2D eigenvalue weighted by Crippen LogP contribution is 2.37. The number of carbonyl (C=O) groups excluding carboxylic acids is 1. The van der Waals surface area contributed by atoms with Crippen LogP contribution in [0.25, 0.3) is 33.9 Å². The van der Waals surface area contributed by atoms with Crippen LogP contribution >= 0.6 is 11.8 Å². The Bertz CT molecular complexity index is 3080. The molecule has 0 aliphatic carbocycles. The lowest BCUT2D eigenvalue weighted by Crippen LogP contribution is -2.04. The first kappa shape index (κ1) is 45.0. The highest BCUT2D eigenvalue weighted by atomic mass is 32.2. The maximum atomic E-state index is 13.3. The van der Waals surface area contributed by atoms with Crippen molar-refractivity contribution in [3.05, 3.63) is 162 Å². The van der Waals surface area contributed by atoms with E-state index in [1.54, 1.807) is 91.5 Å². The van der Waals surface area contributed by atoms with Gasteiger partial charge in [-0.05, 0) is 72.8 Å². The van der Waals surface area contributed by atoms with Gasteiger partial charge in [0.2, 0.25) is 9.84 Å². The van der Waals surface area contributed by atoms with E-state index in [1.165, 1.54) is 44.2 Å². The number of nitro benzene ring substituents is 1. The fraction of sp³-hybridized carbons (Fsp3) is 0.109. The standard InChI is InChI=1S/C24H21N3O4S.C22H18N4O6S/c1-29-17-10-13-21(22(14-17)30-2)27-15-20(25-26-27)19-6-4-5-7-23(19)32-18-11-8-16(9-12-18)24(28)31-3;1-31-16-9-12-21(32-2)20(13-16)25-14-19(23-24-25)18-5-3-4-6-22(18)33(29,30)17-10-7-15(8-11-17)26(27)28/h4-15H,1-3H3;3-14H,1-2H3. The molecule has 0 saturated heterocycles. The van der Waals surface area contributed by atoms with E-state index in [-0.39, 0.29) is 21.4 Å². The monoisotopic (exact) mass is 913 g/mol. The number of nitro groups is 1. The molecule has 0 fully saturated rings. The quantitative estimate of drug-likeness (QED) is 0.0570. The molecule has 0 atom stereocenters. The van der Waals surface area contributed by atoms with Gasteiger partial charge in [-0.15, -0.1) is 10.2 Å². The number of methoxy groups -OCH3 is 5. The van der Waals surface area contributed by atoms with E-state index in [9.17, 15) is 23.3 Å². The summed E-state index contributed by atoms with van der Waals surface area (Å²) in [5, 5.41) is 27.9. The number of esters is 1. The molecule has 0 aliphatic heterocycles. The number of sulfone groups is 1. The number of ether oxygens (including phenoxy) is 5. The zero-order chi connectivity index (χ0) is 46.1. The molecule has 0 amide bonds. The molecule has 0 bridgehead atoms. The van der Waals surface area contributed by atoms with Gasteiger partial charge in [0, 0.05) is 45.2 Å². The highest BCUT2D eigenvalue weighted by molar-refractivity contribution is 7.99. The fourth-order valence-corrected chi connectivity index (χ4v) is 8.84. The SMILES string of the molecule is COC(=O)c1ccc(Sc2ccccc2-c2cn(-c3ccc(OC)cc3OC)nn2)cc1.COc1ccc(OC)c(-n2cc(-c3ccccc3S(=O)(=O)c3ccc([N+](=O)[O-])cc3)nn2)c1. The Labute approximate surface area is 377 Å². The van der Waals surface area contributed by atoms with Crippen LogP contribution in [0.1, 0.15) is 10.4 Å². The molecule has 65 heavy (non-hydrogen) atoms. The lowest BCUT2D eigenvalue weighted by Gasteiger charge is -2.10. The van der Waals surface area contributed by atoms with E-state index < -0.39 is 14.8 Å². The summed E-state index contributed by atoms with van der Waals surface area (Å²) in [6.45, 7) is 0. The van der Waals surface area contributed by atoms with E-state index >= 15 is 0 Å². The number of hydrogen-bond acceptors (Lipinski definition) is 15. The third kappa shape index (κ3) is 9.96. The first-order valence-electron chi connectivity index (χ1n) is 19.3. The third-order valence-corrected chi connectivity index (χ3v) is 12.6. The van der Waals surface area contributed by atoms with Crippen LogP contribution in [0.15, 0.2) is 165 Å². The number of carbonyl (C=O) groups is 1. The van der Waals surface area contributed by atoms with Crippen molar-refractivity contribution in [2.24, 2.45) is 0 Å². The second-order valence-electron chi connectivity index (χ2n) is 13.5. The predicted octanol–water partition coefficient (Wildman–Crippen LogP) is 8.58. The lowest BCUT2D eigenvalue weighted by atomic mass is 10.2. The molecule has 8 aromatic rings. The molecule has 8 rings (SSSR count). The molecule has 17 nitrogen and oxygen atoms in total. The number of non-ortho nitro benzene ring substituents is 1. The van der Waals surface area contributed by atoms with Crippen molar-refractivity contribution >= 4 is 33.3 Å². The van der Waals surface area contributed by atoms with Crippen molar-refractivity contribution in [1.82, 2.24) is 30.0 Å². The first-order chi connectivity index (χ1) is 31.5. The molecule has 0 saturated carbocycles. The summed E-state index contributed by atoms with van der Waals surface area (Å²) < 4.78 is 55.9. The first-order valence-corrected chi connectivity index (χ1v) is 21.6. The molecule has 19 heteroatoms. The van der Waals surface area contributed by atoms with Crippen LogP contribution in [0.4, 0.5) is 5.69 Å². The maximum Gasteiger partial charge on any atom is 0.337 e. The largest absolute Gasteiger partial charge is 0.497 e. The van der Waals surface area contributed by atoms with E-state index in [0.29, 0.717) is 45.5 Å².